The molecule has 1 N–H and O–H groups in total. The van der Waals surface area contributed by atoms with E-state index in [9.17, 15) is 13.9 Å². The lowest BCUT2D eigenvalue weighted by atomic mass is 9.78. The van der Waals surface area contributed by atoms with Crippen molar-refractivity contribution < 1.29 is 28.1 Å². The molecule has 0 saturated carbocycles. The number of fused-ring (bicyclic) bond motifs is 1. The molecule has 138 valence electrons. The fourth-order valence-corrected chi connectivity index (χ4v) is 4.11. The predicted molar refractivity (Wildman–Crippen MR) is 85.7 cm³/mol. The topological polar surface area (TPSA) is 51.2 Å². The van der Waals surface area contributed by atoms with Crippen LogP contribution >= 0.6 is 0 Å². The molecule has 3 heterocycles. The summed E-state index contributed by atoms with van der Waals surface area (Å²) in [5.41, 5.74) is 0.0330. The number of hydrogen-bond acceptors (Lipinski definition) is 5. The predicted octanol–water partition coefficient (Wildman–Crippen LogP) is 2.90. The SMILES string of the molecule is CC1(O)CCOC2(CCN(Cc3ccc4c(c3)OC(F)(F)O4)CC2)C1. The van der Waals surface area contributed by atoms with Gasteiger partial charge in [0, 0.05) is 26.1 Å². The summed E-state index contributed by atoms with van der Waals surface area (Å²) in [4.78, 5) is 2.27. The molecule has 5 nitrogen and oxygen atoms in total. The lowest BCUT2D eigenvalue weighted by molar-refractivity contribution is -0.286. The van der Waals surface area contributed by atoms with Gasteiger partial charge < -0.3 is 19.3 Å². The highest BCUT2D eigenvalue weighted by atomic mass is 19.3. The maximum absolute atomic E-state index is 13.1. The molecule has 0 aromatic heterocycles. The molecule has 1 atom stereocenters. The van der Waals surface area contributed by atoms with Crippen LogP contribution in [0.5, 0.6) is 11.5 Å². The lowest BCUT2D eigenvalue weighted by Crippen LogP contribution is -2.53. The third-order valence-corrected chi connectivity index (χ3v) is 5.39. The Labute approximate surface area is 145 Å². The molecule has 1 unspecified atom stereocenters. The average molecular weight is 355 g/mol. The average Bonchev–Trinajstić information content (AvgIpc) is 2.82. The van der Waals surface area contributed by atoms with E-state index in [1.54, 1.807) is 12.1 Å². The van der Waals surface area contributed by atoms with Gasteiger partial charge in [-0.15, -0.1) is 8.78 Å². The van der Waals surface area contributed by atoms with Gasteiger partial charge in [0.05, 0.1) is 17.8 Å². The molecule has 3 aliphatic heterocycles. The fraction of sp³-hybridized carbons (Fsp3) is 0.667. The summed E-state index contributed by atoms with van der Waals surface area (Å²) in [5, 5.41) is 10.3. The number of nitrogens with zero attached hydrogens (tertiary/aromatic N) is 1. The molecule has 1 aromatic carbocycles. The van der Waals surface area contributed by atoms with Gasteiger partial charge in [0.15, 0.2) is 11.5 Å². The van der Waals surface area contributed by atoms with Crippen LogP contribution in [0.4, 0.5) is 8.78 Å². The van der Waals surface area contributed by atoms with Crippen molar-refractivity contribution in [3.63, 3.8) is 0 Å². The molecule has 2 saturated heterocycles. The summed E-state index contributed by atoms with van der Waals surface area (Å²) in [6, 6.07) is 4.93. The maximum atomic E-state index is 13.1. The molecule has 1 aromatic rings. The van der Waals surface area contributed by atoms with E-state index in [4.69, 9.17) is 4.74 Å². The van der Waals surface area contributed by atoms with Gasteiger partial charge in [-0.05, 0) is 43.9 Å². The second-order valence-electron chi connectivity index (χ2n) is 7.68. The summed E-state index contributed by atoms with van der Waals surface area (Å²) in [6.45, 7) is 4.84. The van der Waals surface area contributed by atoms with Crippen LogP contribution in [-0.2, 0) is 11.3 Å². The van der Waals surface area contributed by atoms with Gasteiger partial charge in [-0.3, -0.25) is 4.90 Å². The van der Waals surface area contributed by atoms with Gasteiger partial charge >= 0.3 is 6.29 Å². The minimum Gasteiger partial charge on any atom is -0.395 e. The van der Waals surface area contributed by atoms with E-state index in [1.165, 1.54) is 6.07 Å². The van der Waals surface area contributed by atoms with Gasteiger partial charge in [-0.1, -0.05) is 6.07 Å². The maximum Gasteiger partial charge on any atom is 0.586 e. The van der Waals surface area contributed by atoms with Crippen LogP contribution in [0.15, 0.2) is 18.2 Å². The number of alkyl halides is 2. The molecule has 0 aliphatic carbocycles. The number of likely N-dealkylation sites (tertiary alicyclic amines) is 1. The summed E-state index contributed by atoms with van der Waals surface area (Å²) in [5.74, 6) is 0.159. The molecule has 1 spiro atoms. The zero-order valence-electron chi connectivity index (χ0n) is 14.3. The quantitative estimate of drug-likeness (QED) is 0.884. The van der Waals surface area contributed by atoms with Crippen molar-refractivity contribution in [3.8, 4) is 11.5 Å². The van der Waals surface area contributed by atoms with Gasteiger partial charge in [-0.25, -0.2) is 0 Å². The Balaban J connectivity index is 1.37. The number of hydrogen-bond donors (Lipinski definition) is 1. The zero-order chi connectivity index (χ0) is 17.7. The lowest BCUT2D eigenvalue weighted by Gasteiger charge is -2.48. The molecular formula is C18H23F2NO4. The monoisotopic (exact) mass is 355 g/mol. The summed E-state index contributed by atoms with van der Waals surface area (Å²) < 4.78 is 41.2. The van der Waals surface area contributed by atoms with E-state index in [0.29, 0.717) is 26.0 Å². The van der Waals surface area contributed by atoms with Crippen molar-refractivity contribution >= 4 is 0 Å². The van der Waals surface area contributed by atoms with Gasteiger partial charge in [0.2, 0.25) is 0 Å². The number of ether oxygens (including phenoxy) is 3. The summed E-state index contributed by atoms with van der Waals surface area (Å²) in [6.07, 6.45) is -0.488. The first-order valence-corrected chi connectivity index (χ1v) is 8.72. The number of halogens is 2. The first-order chi connectivity index (χ1) is 11.7. The fourth-order valence-electron chi connectivity index (χ4n) is 4.11. The highest BCUT2D eigenvalue weighted by Crippen LogP contribution is 2.42. The minimum atomic E-state index is -3.58. The Hall–Kier alpha value is -1.44. The van der Waals surface area contributed by atoms with E-state index in [-0.39, 0.29) is 17.1 Å². The molecule has 0 radical (unpaired) electrons. The van der Waals surface area contributed by atoms with Gasteiger partial charge in [-0.2, -0.15) is 0 Å². The molecule has 0 amide bonds. The molecular weight excluding hydrogens is 332 g/mol. The van der Waals surface area contributed by atoms with Gasteiger partial charge in [0.1, 0.15) is 0 Å². The van der Waals surface area contributed by atoms with E-state index >= 15 is 0 Å². The Bertz CT molecular complexity index is 656. The first-order valence-electron chi connectivity index (χ1n) is 8.72. The Kier molecular flexibility index (Phi) is 3.94. The van der Waals surface area contributed by atoms with Crippen LogP contribution in [0, 0.1) is 0 Å². The summed E-state index contributed by atoms with van der Waals surface area (Å²) >= 11 is 0. The molecule has 3 aliphatic rings. The van der Waals surface area contributed by atoms with E-state index in [0.717, 1.165) is 31.5 Å². The minimum absolute atomic E-state index is 0.0733. The highest BCUT2D eigenvalue weighted by Gasteiger charge is 2.45. The highest BCUT2D eigenvalue weighted by molar-refractivity contribution is 5.45. The molecule has 4 rings (SSSR count). The largest absolute Gasteiger partial charge is 0.586 e. The number of aliphatic hydroxyl groups is 1. The zero-order valence-corrected chi connectivity index (χ0v) is 14.3. The Morgan fingerprint density at radius 1 is 1.12 bits per heavy atom. The normalized spacial score (nSPS) is 30.6. The van der Waals surface area contributed by atoms with Crippen molar-refractivity contribution in [2.45, 2.75) is 56.6 Å². The van der Waals surface area contributed by atoms with Crippen LogP contribution in [0.25, 0.3) is 0 Å². The van der Waals surface area contributed by atoms with Crippen LogP contribution in [0.2, 0.25) is 0 Å². The van der Waals surface area contributed by atoms with Crippen molar-refractivity contribution in [1.82, 2.24) is 4.90 Å². The number of rotatable bonds is 2. The third-order valence-electron chi connectivity index (χ3n) is 5.39. The van der Waals surface area contributed by atoms with Crippen LogP contribution < -0.4 is 9.47 Å². The molecule has 2 fully saturated rings. The van der Waals surface area contributed by atoms with E-state index in [1.807, 2.05) is 6.92 Å². The molecule has 7 heteroatoms. The van der Waals surface area contributed by atoms with Crippen molar-refractivity contribution in [3.05, 3.63) is 23.8 Å². The molecule has 25 heavy (non-hydrogen) atoms. The number of piperidine rings is 1. The molecule has 0 bridgehead atoms. The smallest absolute Gasteiger partial charge is 0.395 e. The van der Waals surface area contributed by atoms with E-state index < -0.39 is 11.9 Å². The van der Waals surface area contributed by atoms with E-state index in [2.05, 4.69) is 14.4 Å². The Morgan fingerprint density at radius 3 is 2.56 bits per heavy atom. The van der Waals surface area contributed by atoms with Crippen LogP contribution in [-0.4, -0.2) is 47.2 Å². The summed E-state index contributed by atoms with van der Waals surface area (Å²) in [7, 11) is 0. The number of benzene rings is 1. The van der Waals surface area contributed by atoms with Crippen molar-refractivity contribution in [2.24, 2.45) is 0 Å². The van der Waals surface area contributed by atoms with Crippen LogP contribution in [0.1, 0.15) is 38.2 Å². The Morgan fingerprint density at radius 2 is 1.84 bits per heavy atom. The first kappa shape index (κ1) is 17.0. The standard InChI is InChI=1S/C18H23F2NO4/c1-16(22)6-9-23-17(12-16)4-7-21(8-5-17)11-13-2-3-14-15(10-13)25-18(19,20)24-14/h2-3,10,22H,4-9,11-12H2,1H3. The van der Waals surface area contributed by atoms with Crippen molar-refractivity contribution in [1.29, 1.82) is 0 Å². The van der Waals surface area contributed by atoms with Crippen molar-refractivity contribution in [2.75, 3.05) is 19.7 Å². The van der Waals surface area contributed by atoms with Gasteiger partial charge in [0.25, 0.3) is 0 Å². The third kappa shape index (κ3) is 3.59. The second-order valence-corrected chi connectivity index (χ2v) is 7.68. The second kappa shape index (κ2) is 5.79. The van der Waals surface area contributed by atoms with Crippen LogP contribution in [0.3, 0.4) is 0 Å².